The normalized spacial score (nSPS) is 11.4. The standard InChI is InChI=1S/C38H44N6O12/c45-31(19-40-36(51)29(16-17-34(48)49)44-38(53)56-23-28-14-8-3-9-15-28)39-21-33(47)43-30(18-26-10-4-1-5-11-26)37(52)41-20-32(46)42-25-54-24-35(50)55-22-27-12-6-2-7-13-27/h1-15,29-30H,16-25H2,(H,39,45)(H,40,51)(H,41,52)(H,42,46)(H,43,47)(H,44,53)(H,48,49)/t29-,30-/m0/s1. The second-order valence-electron chi connectivity index (χ2n) is 12.0. The van der Waals surface area contributed by atoms with Crippen LogP contribution in [0.2, 0.25) is 0 Å². The Labute approximate surface area is 322 Å². The first-order valence-electron chi connectivity index (χ1n) is 17.4. The van der Waals surface area contributed by atoms with Gasteiger partial charge < -0.3 is 51.2 Å². The van der Waals surface area contributed by atoms with Crippen LogP contribution in [0.4, 0.5) is 4.79 Å². The molecule has 0 heterocycles. The highest BCUT2D eigenvalue weighted by molar-refractivity contribution is 5.93. The van der Waals surface area contributed by atoms with Gasteiger partial charge >= 0.3 is 18.0 Å². The molecular formula is C38H44N6O12. The lowest BCUT2D eigenvalue weighted by Crippen LogP contribution is -2.53. The highest BCUT2D eigenvalue weighted by Gasteiger charge is 2.24. The third-order valence-corrected chi connectivity index (χ3v) is 7.53. The SMILES string of the molecule is O=C(O)CC[C@H](NC(=O)OCc1ccccc1)C(=O)NCC(=O)NCC(=O)N[C@@H](Cc1ccccc1)C(=O)NCC(=O)NCOCC(=O)OCc1ccccc1. The molecule has 0 aliphatic heterocycles. The number of ether oxygens (including phenoxy) is 3. The second kappa shape index (κ2) is 24.5. The van der Waals surface area contributed by atoms with E-state index < -0.39 is 92.3 Å². The topological polar surface area (TPSA) is 257 Å². The fourth-order valence-corrected chi connectivity index (χ4v) is 4.68. The van der Waals surface area contributed by atoms with Crippen LogP contribution >= 0.6 is 0 Å². The number of carbonyl (C=O) groups is 8. The molecular weight excluding hydrogens is 732 g/mol. The van der Waals surface area contributed by atoms with Crippen molar-refractivity contribution in [1.82, 2.24) is 31.9 Å². The molecule has 6 amide bonds. The first-order chi connectivity index (χ1) is 27.0. The number of esters is 1. The summed E-state index contributed by atoms with van der Waals surface area (Å²) in [6.07, 6.45) is -1.69. The maximum Gasteiger partial charge on any atom is 0.408 e. The molecule has 0 aliphatic carbocycles. The molecule has 2 atom stereocenters. The summed E-state index contributed by atoms with van der Waals surface area (Å²) in [6, 6.07) is 23.9. The van der Waals surface area contributed by atoms with Crippen LogP contribution in [-0.2, 0) is 67.4 Å². The smallest absolute Gasteiger partial charge is 0.408 e. The summed E-state index contributed by atoms with van der Waals surface area (Å²) in [5.74, 6) is -5.62. The Morgan fingerprint density at radius 3 is 1.62 bits per heavy atom. The number of aliphatic carboxylic acids is 1. The van der Waals surface area contributed by atoms with Crippen molar-refractivity contribution in [2.75, 3.05) is 33.0 Å². The van der Waals surface area contributed by atoms with Crippen molar-refractivity contribution < 1.29 is 57.7 Å². The number of carboxylic acid groups (broad SMARTS) is 1. The Bertz CT molecular complexity index is 1760. The minimum atomic E-state index is -1.34. The highest BCUT2D eigenvalue weighted by atomic mass is 16.6. The summed E-state index contributed by atoms with van der Waals surface area (Å²) >= 11 is 0. The fraction of sp³-hybridized carbons (Fsp3) is 0.316. The number of alkyl carbamates (subject to hydrolysis) is 1. The van der Waals surface area contributed by atoms with Gasteiger partial charge in [0.2, 0.25) is 29.5 Å². The number of hydrogen-bond acceptors (Lipinski definition) is 11. The average Bonchev–Trinajstić information content (AvgIpc) is 3.20. The van der Waals surface area contributed by atoms with Crippen LogP contribution in [0.15, 0.2) is 91.0 Å². The molecule has 56 heavy (non-hydrogen) atoms. The molecule has 3 aromatic rings. The molecule has 0 saturated carbocycles. The van der Waals surface area contributed by atoms with Crippen molar-refractivity contribution >= 4 is 47.6 Å². The lowest BCUT2D eigenvalue weighted by molar-refractivity contribution is -0.151. The number of benzene rings is 3. The molecule has 18 nitrogen and oxygen atoms in total. The maximum atomic E-state index is 13.1. The number of amides is 6. The molecule has 0 aromatic heterocycles. The molecule has 0 radical (unpaired) electrons. The predicted octanol–water partition coefficient (Wildman–Crippen LogP) is 0.0560. The molecule has 0 fully saturated rings. The highest BCUT2D eigenvalue weighted by Crippen LogP contribution is 2.05. The van der Waals surface area contributed by atoms with Crippen molar-refractivity contribution in [2.45, 2.75) is 44.6 Å². The van der Waals surface area contributed by atoms with Crippen LogP contribution in [-0.4, -0.2) is 97.7 Å². The maximum absolute atomic E-state index is 13.1. The van der Waals surface area contributed by atoms with E-state index in [1.807, 2.05) is 6.07 Å². The zero-order valence-electron chi connectivity index (χ0n) is 30.3. The Kier molecular flexibility index (Phi) is 19.1. The zero-order chi connectivity index (χ0) is 40.5. The molecule has 298 valence electrons. The van der Waals surface area contributed by atoms with E-state index >= 15 is 0 Å². The van der Waals surface area contributed by atoms with Gasteiger partial charge in [0.15, 0.2) is 0 Å². The summed E-state index contributed by atoms with van der Waals surface area (Å²) in [7, 11) is 0. The minimum absolute atomic E-state index is 0.0384. The third kappa shape index (κ3) is 18.3. The van der Waals surface area contributed by atoms with Crippen molar-refractivity contribution in [1.29, 1.82) is 0 Å². The number of nitrogens with one attached hydrogen (secondary N) is 6. The molecule has 7 N–H and O–H groups in total. The summed E-state index contributed by atoms with van der Waals surface area (Å²) in [4.78, 5) is 98.6. The van der Waals surface area contributed by atoms with E-state index in [2.05, 4.69) is 31.9 Å². The summed E-state index contributed by atoms with van der Waals surface area (Å²) in [5, 5.41) is 23.3. The Balaban J connectivity index is 1.41. The molecule has 0 unspecified atom stereocenters. The first-order valence-corrected chi connectivity index (χ1v) is 17.4. The summed E-state index contributed by atoms with van der Waals surface area (Å²) in [5.41, 5.74) is 2.17. The van der Waals surface area contributed by atoms with Crippen molar-refractivity contribution in [3.8, 4) is 0 Å². The number of carboxylic acids is 1. The van der Waals surface area contributed by atoms with E-state index in [0.29, 0.717) is 11.1 Å². The van der Waals surface area contributed by atoms with Gasteiger partial charge in [-0.3, -0.25) is 28.8 Å². The van der Waals surface area contributed by atoms with Crippen LogP contribution in [0.1, 0.15) is 29.5 Å². The Morgan fingerprint density at radius 1 is 0.554 bits per heavy atom. The van der Waals surface area contributed by atoms with Gasteiger partial charge in [-0.2, -0.15) is 0 Å². The van der Waals surface area contributed by atoms with Gasteiger partial charge in [0.25, 0.3) is 0 Å². The first kappa shape index (κ1) is 43.6. The van der Waals surface area contributed by atoms with Gasteiger partial charge in [0.1, 0.15) is 38.6 Å². The van der Waals surface area contributed by atoms with E-state index in [9.17, 15) is 38.4 Å². The van der Waals surface area contributed by atoms with Gasteiger partial charge in [-0.25, -0.2) is 9.59 Å². The van der Waals surface area contributed by atoms with Crippen molar-refractivity contribution in [3.05, 3.63) is 108 Å². The largest absolute Gasteiger partial charge is 0.481 e. The molecule has 18 heteroatoms. The summed E-state index contributed by atoms with van der Waals surface area (Å²) < 4.78 is 15.3. The van der Waals surface area contributed by atoms with Gasteiger partial charge in [-0.1, -0.05) is 91.0 Å². The van der Waals surface area contributed by atoms with Gasteiger partial charge in [-0.15, -0.1) is 0 Å². The van der Waals surface area contributed by atoms with Crippen LogP contribution < -0.4 is 31.9 Å². The molecule has 0 spiro atoms. The fourth-order valence-electron chi connectivity index (χ4n) is 4.68. The monoisotopic (exact) mass is 776 g/mol. The van der Waals surface area contributed by atoms with E-state index in [4.69, 9.17) is 19.3 Å². The second-order valence-corrected chi connectivity index (χ2v) is 12.0. The van der Waals surface area contributed by atoms with E-state index in [1.165, 1.54) is 0 Å². The number of hydrogen-bond donors (Lipinski definition) is 7. The lowest BCUT2D eigenvalue weighted by atomic mass is 10.1. The van der Waals surface area contributed by atoms with Crippen molar-refractivity contribution in [2.24, 2.45) is 0 Å². The van der Waals surface area contributed by atoms with Crippen LogP contribution in [0.5, 0.6) is 0 Å². The third-order valence-electron chi connectivity index (χ3n) is 7.53. The molecule has 0 bridgehead atoms. The quantitative estimate of drug-likeness (QED) is 0.0383. The van der Waals surface area contributed by atoms with Gasteiger partial charge in [0.05, 0.1) is 19.6 Å². The lowest BCUT2D eigenvalue weighted by Gasteiger charge is -2.19. The van der Waals surface area contributed by atoms with Crippen LogP contribution in [0, 0.1) is 0 Å². The summed E-state index contributed by atoms with van der Waals surface area (Å²) in [6.45, 7) is -2.47. The van der Waals surface area contributed by atoms with Crippen molar-refractivity contribution in [3.63, 3.8) is 0 Å². The van der Waals surface area contributed by atoms with Gasteiger partial charge in [-0.05, 0) is 23.1 Å². The Morgan fingerprint density at radius 2 is 1.05 bits per heavy atom. The molecule has 0 saturated heterocycles. The van der Waals surface area contributed by atoms with Crippen LogP contribution in [0.25, 0.3) is 0 Å². The number of rotatable bonds is 23. The molecule has 0 aliphatic rings. The van der Waals surface area contributed by atoms with Gasteiger partial charge in [0, 0.05) is 12.8 Å². The predicted molar refractivity (Wildman–Crippen MR) is 197 cm³/mol. The van der Waals surface area contributed by atoms with E-state index in [0.717, 1.165) is 5.56 Å². The number of carbonyl (C=O) groups excluding carboxylic acids is 7. The minimum Gasteiger partial charge on any atom is -0.481 e. The Hall–Kier alpha value is -6.82. The van der Waals surface area contributed by atoms with E-state index in [-0.39, 0.29) is 32.8 Å². The zero-order valence-corrected chi connectivity index (χ0v) is 30.3. The molecule has 3 rings (SSSR count). The molecule has 3 aromatic carbocycles. The van der Waals surface area contributed by atoms with Crippen LogP contribution in [0.3, 0.4) is 0 Å². The average molecular weight is 777 g/mol. The van der Waals surface area contributed by atoms with E-state index in [1.54, 1.807) is 84.9 Å².